The lowest BCUT2D eigenvalue weighted by Crippen LogP contribution is -2.29. The number of hydrogen-bond acceptors (Lipinski definition) is 2. The van der Waals surface area contributed by atoms with Crippen molar-refractivity contribution in [2.75, 3.05) is 12.8 Å². The fraction of sp³-hybridized carbons (Fsp3) is 0.273. The second kappa shape index (κ2) is 5.09. The first-order valence-electron chi connectivity index (χ1n) is 4.64. The van der Waals surface area contributed by atoms with Crippen LogP contribution in [-0.2, 0) is 16.6 Å². The highest BCUT2D eigenvalue weighted by atomic mass is 32.2. The zero-order valence-electron chi connectivity index (χ0n) is 8.76. The van der Waals surface area contributed by atoms with Crippen molar-refractivity contribution in [2.45, 2.75) is 6.54 Å². The summed E-state index contributed by atoms with van der Waals surface area (Å²) in [4.78, 5) is 0. The van der Waals surface area contributed by atoms with Crippen LogP contribution in [0.2, 0.25) is 0 Å². The molecule has 0 bridgehead atoms. The van der Waals surface area contributed by atoms with Crippen molar-refractivity contribution in [1.29, 1.82) is 0 Å². The molecule has 1 aromatic rings. The van der Waals surface area contributed by atoms with Crippen LogP contribution in [0.25, 0.3) is 0 Å². The molecule has 4 heteroatoms. The van der Waals surface area contributed by atoms with Crippen LogP contribution in [0.15, 0.2) is 43.0 Å². The third kappa shape index (κ3) is 3.85. The van der Waals surface area contributed by atoms with Gasteiger partial charge in [0.15, 0.2) is 0 Å². The van der Waals surface area contributed by atoms with Gasteiger partial charge in [0.2, 0.25) is 10.0 Å². The number of rotatable bonds is 5. The lowest BCUT2D eigenvalue weighted by atomic mass is 10.2. The second-order valence-electron chi connectivity index (χ2n) is 3.33. The number of benzene rings is 1. The van der Waals surface area contributed by atoms with Crippen LogP contribution in [0.1, 0.15) is 5.56 Å². The summed E-state index contributed by atoms with van der Waals surface area (Å²) in [5.41, 5.74) is 0.977. The molecule has 0 aromatic heterocycles. The van der Waals surface area contributed by atoms with Crippen molar-refractivity contribution in [2.24, 2.45) is 0 Å². The quantitative estimate of drug-likeness (QED) is 0.714. The van der Waals surface area contributed by atoms with E-state index in [4.69, 9.17) is 0 Å². The summed E-state index contributed by atoms with van der Waals surface area (Å²) < 4.78 is 24.2. The molecule has 0 saturated carbocycles. The molecule has 82 valence electrons. The van der Waals surface area contributed by atoms with E-state index in [1.165, 1.54) is 10.6 Å². The van der Waals surface area contributed by atoms with E-state index in [1.807, 2.05) is 30.3 Å². The first-order chi connectivity index (χ1) is 7.04. The van der Waals surface area contributed by atoms with Crippen LogP contribution in [0.5, 0.6) is 0 Å². The van der Waals surface area contributed by atoms with E-state index in [9.17, 15) is 8.42 Å². The van der Waals surface area contributed by atoms with Gasteiger partial charge in [-0.05, 0) is 5.56 Å². The molecule has 0 aliphatic carbocycles. The molecule has 0 fully saturated rings. The molecule has 0 radical (unpaired) electrons. The van der Waals surface area contributed by atoms with Gasteiger partial charge in [-0.1, -0.05) is 36.4 Å². The average Bonchev–Trinajstić information content (AvgIpc) is 2.17. The van der Waals surface area contributed by atoms with Crippen molar-refractivity contribution in [1.82, 2.24) is 4.31 Å². The fourth-order valence-electron chi connectivity index (χ4n) is 1.25. The lowest BCUT2D eigenvalue weighted by Gasteiger charge is -2.17. The van der Waals surface area contributed by atoms with Crippen molar-refractivity contribution in [3.05, 3.63) is 48.6 Å². The van der Waals surface area contributed by atoms with Crippen LogP contribution in [-0.4, -0.2) is 25.5 Å². The minimum Gasteiger partial charge on any atom is -0.212 e. The molecule has 0 amide bonds. The Bertz CT molecular complexity index is 411. The van der Waals surface area contributed by atoms with Crippen LogP contribution < -0.4 is 0 Å². The van der Waals surface area contributed by atoms with Crippen LogP contribution >= 0.6 is 0 Å². The largest absolute Gasteiger partial charge is 0.212 e. The lowest BCUT2D eigenvalue weighted by molar-refractivity contribution is 0.443. The van der Waals surface area contributed by atoms with Gasteiger partial charge in [0, 0.05) is 13.1 Å². The van der Waals surface area contributed by atoms with E-state index in [1.54, 1.807) is 6.08 Å². The maximum Gasteiger partial charge on any atom is 0.211 e. The van der Waals surface area contributed by atoms with Crippen LogP contribution in [0, 0.1) is 0 Å². The van der Waals surface area contributed by atoms with Gasteiger partial charge in [-0.15, -0.1) is 6.58 Å². The maximum atomic E-state index is 11.4. The predicted molar refractivity (Wildman–Crippen MR) is 61.9 cm³/mol. The summed E-state index contributed by atoms with van der Waals surface area (Å²) in [5, 5.41) is 0. The highest BCUT2D eigenvalue weighted by molar-refractivity contribution is 7.88. The summed E-state index contributed by atoms with van der Waals surface area (Å²) >= 11 is 0. The molecule has 1 rings (SSSR count). The molecule has 0 atom stereocenters. The van der Waals surface area contributed by atoms with E-state index >= 15 is 0 Å². The first-order valence-corrected chi connectivity index (χ1v) is 6.49. The third-order valence-electron chi connectivity index (χ3n) is 2.00. The number of hydrogen-bond donors (Lipinski definition) is 0. The zero-order chi connectivity index (χ0) is 11.3. The van der Waals surface area contributed by atoms with Crippen LogP contribution in [0.4, 0.5) is 0 Å². The van der Waals surface area contributed by atoms with E-state index in [0.717, 1.165) is 5.56 Å². The molecule has 0 N–H and O–H groups in total. The molecular formula is C11H15NO2S. The Labute approximate surface area is 91.1 Å². The molecule has 1 aromatic carbocycles. The Hall–Kier alpha value is -1.13. The molecule has 0 saturated heterocycles. The van der Waals surface area contributed by atoms with E-state index in [2.05, 4.69) is 6.58 Å². The molecule has 0 aliphatic heterocycles. The Morgan fingerprint density at radius 3 is 2.40 bits per heavy atom. The Morgan fingerprint density at radius 1 is 1.33 bits per heavy atom. The van der Waals surface area contributed by atoms with Crippen molar-refractivity contribution in [3.63, 3.8) is 0 Å². The van der Waals surface area contributed by atoms with Crippen molar-refractivity contribution >= 4 is 10.0 Å². The number of sulfonamides is 1. The van der Waals surface area contributed by atoms with Gasteiger partial charge in [0.05, 0.1) is 6.26 Å². The highest BCUT2D eigenvalue weighted by Gasteiger charge is 2.14. The molecule has 3 nitrogen and oxygen atoms in total. The molecule has 0 aliphatic rings. The summed E-state index contributed by atoms with van der Waals surface area (Å²) in [7, 11) is -3.16. The highest BCUT2D eigenvalue weighted by Crippen LogP contribution is 2.07. The maximum absolute atomic E-state index is 11.4. The second-order valence-corrected chi connectivity index (χ2v) is 5.31. The predicted octanol–water partition coefficient (Wildman–Crippen LogP) is 1.63. The molecule has 15 heavy (non-hydrogen) atoms. The minimum atomic E-state index is -3.16. The monoisotopic (exact) mass is 225 g/mol. The van der Waals surface area contributed by atoms with E-state index in [0.29, 0.717) is 13.1 Å². The standard InChI is InChI=1S/C11H15NO2S/c1-3-9-12(15(2,13)14)10-11-7-5-4-6-8-11/h3-8H,1,9-10H2,2H3. The van der Waals surface area contributed by atoms with Gasteiger partial charge in [-0.3, -0.25) is 0 Å². The van der Waals surface area contributed by atoms with Gasteiger partial charge in [-0.2, -0.15) is 4.31 Å². The van der Waals surface area contributed by atoms with E-state index < -0.39 is 10.0 Å². The van der Waals surface area contributed by atoms with Crippen molar-refractivity contribution in [3.8, 4) is 0 Å². The smallest absolute Gasteiger partial charge is 0.211 e. The summed E-state index contributed by atoms with van der Waals surface area (Å²) in [6.07, 6.45) is 2.80. The van der Waals surface area contributed by atoms with Gasteiger partial charge in [0.1, 0.15) is 0 Å². The summed E-state index contributed by atoms with van der Waals surface area (Å²) in [5.74, 6) is 0. The molecule has 0 spiro atoms. The summed E-state index contributed by atoms with van der Waals surface area (Å²) in [6, 6.07) is 9.50. The zero-order valence-corrected chi connectivity index (χ0v) is 9.57. The van der Waals surface area contributed by atoms with Gasteiger partial charge >= 0.3 is 0 Å². The topological polar surface area (TPSA) is 37.4 Å². The molecule has 0 heterocycles. The third-order valence-corrected chi connectivity index (χ3v) is 3.22. The van der Waals surface area contributed by atoms with Gasteiger partial charge in [0.25, 0.3) is 0 Å². The average molecular weight is 225 g/mol. The van der Waals surface area contributed by atoms with Gasteiger partial charge < -0.3 is 0 Å². The Morgan fingerprint density at radius 2 is 1.93 bits per heavy atom. The first kappa shape index (κ1) is 11.9. The molecular weight excluding hydrogens is 210 g/mol. The fourth-order valence-corrected chi connectivity index (χ4v) is 2.01. The van der Waals surface area contributed by atoms with Crippen LogP contribution in [0.3, 0.4) is 0 Å². The summed E-state index contributed by atoms with van der Waals surface area (Å²) in [6.45, 7) is 4.29. The normalized spacial score (nSPS) is 11.6. The van der Waals surface area contributed by atoms with E-state index in [-0.39, 0.29) is 0 Å². The Balaban J connectivity index is 2.81. The molecule has 0 unspecified atom stereocenters. The van der Waals surface area contributed by atoms with Crippen molar-refractivity contribution < 1.29 is 8.42 Å². The van der Waals surface area contributed by atoms with Gasteiger partial charge in [-0.25, -0.2) is 8.42 Å². The minimum absolute atomic E-state index is 0.341. The Kier molecular flexibility index (Phi) is 4.05. The number of nitrogens with zero attached hydrogens (tertiary/aromatic N) is 1. The SMILES string of the molecule is C=CCN(Cc1ccccc1)S(C)(=O)=O.